The second-order valence-electron chi connectivity index (χ2n) is 14.2. The highest BCUT2D eigenvalue weighted by Gasteiger charge is 2.17. The van der Waals surface area contributed by atoms with Crippen LogP contribution in [0.25, 0.3) is 110 Å². The maximum Gasteiger partial charge on any atom is 0.0788 e. The lowest BCUT2D eigenvalue weighted by Crippen LogP contribution is -1.94. The number of nitrogens with zero attached hydrogens (tertiary/aromatic N) is 2. The molecule has 250 valence electrons. The number of rotatable bonds is 4. The van der Waals surface area contributed by atoms with Crippen LogP contribution >= 0.6 is 0 Å². The molecule has 2 heterocycles. The molecule has 54 heavy (non-hydrogen) atoms. The summed E-state index contributed by atoms with van der Waals surface area (Å²) in [5, 5.41) is 13.2. The molecule has 0 amide bonds. The van der Waals surface area contributed by atoms with Gasteiger partial charge >= 0.3 is 0 Å². The van der Waals surface area contributed by atoms with Crippen LogP contribution in [-0.2, 0) is 0 Å². The van der Waals surface area contributed by atoms with E-state index in [1.807, 2.05) is 0 Å². The Morgan fingerprint density at radius 2 is 0.778 bits per heavy atom. The van der Waals surface area contributed by atoms with Crippen LogP contribution in [0.15, 0.2) is 194 Å². The van der Waals surface area contributed by atoms with Crippen molar-refractivity contribution in [3.05, 3.63) is 194 Å². The van der Waals surface area contributed by atoms with E-state index in [0.717, 1.165) is 55.6 Å². The lowest BCUT2D eigenvalue weighted by molar-refractivity contribution is 1.33. The summed E-state index contributed by atoms with van der Waals surface area (Å²) in [6.07, 6.45) is 0. The van der Waals surface area contributed by atoms with Crippen molar-refractivity contribution in [3.8, 4) is 44.9 Å². The molecule has 2 nitrogen and oxygen atoms in total. The van der Waals surface area contributed by atoms with Crippen molar-refractivity contribution in [2.24, 2.45) is 0 Å². The van der Waals surface area contributed by atoms with Crippen LogP contribution in [0.2, 0.25) is 0 Å². The molecule has 0 spiro atoms. The summed E-state index contributed by atoms with van der Waals surface area (Å²) in [6.45, 7) is 0. The first-order valence-corrected chi connectivity index (χ1v) is 18.5. The molecule has 2 heteroatoms. The van der Waals surface area contributed by atoms with Crippen molar-refractivity contribution in [2.45, 2.75) is 0 Å². The Morgan fingerprint density at radius 3 is 1.41 bits per heavy atom. The summed E-state index contributed by atoms with van der Waals surface area (Å²) in [5.74, 6) is 0. The Labute approximate surface area is 312 Å². The van der Waals surface area contributed by atoms with E-state index in [1.54, 1.807) is 0 Å². The van der Waals surface area contributed by atoms with Crippen LogP contribution < -0.4 is 0 Å². The molecule has 0 fully saturated rings. The van der Waals surface area contributed by atoms with Gasteiger partial charge in [-0.1, -0.05) is 158 Å². The molecule has 0 aliphatic carbocycles. The van der Waals surface area contributed by atoms with Crippen LogP contribution in [0, 0.1) is 0 Å². The van der Waals surface area contributed by atoms with Gasteiger partial charge in [0, 0.05) is 32.8 Å². The molecular formula is C52H32N2. The van der Waals surface area contributed by atoms with E-state index in [1.165, 1.54) is 54.0 Å². The average Bonchev–Trinajstić information content (AvgIpc) is 3.25. The first-order valence-electron chi connectivity index (χ1n) is 18.5. The number of benzene rings is 9. The van der Waals surface area contributed by atoms with Gasteiger partial charge in [-0.3, -0.25) is 0 Å². The maximum absolute atomic E-state index is 5.34. The number of pyridine rings is 2. The van der Waals surface area contributed by atoms with Gasteiger partial charge in [-0.05, 0) is 90.6 Å². The van der Waals surface area contributed by atoms with E-state index < -0.39 is 0 Å². The van der Waals surface area contributed by atoms with Crippen molar-refractivity contribution in [2.75, 3.05) is 0 Å². The van der Waals surface area contributed by atoms with Crippen molar-refractivity contribution < 1.29 is 0 Å². The minimum absolute atomic E-state index is 0.951. The van der Waals surface area contributed by atoms with E-state index in [0.29, 0.717) is 0 Å². The van der Waals surface area contributed by atoms with Gasteiger partial charge in [0.05, 0.1) is 22.6 Å². The minimum atomic E-state index is 0.951. The van der Waals surface area contributed by atoms with E-state index in [-0.39, 0.29) is 0 Å². The first-order chi connectivity index (χ1) is 26.7. The normalized spacial score (nSPS) is 11.7. The fraction of sp³-hybridized carbons (Fsp3) is 0. The Bertz CT molecular complexity index is 3190. The Balaban J connectivity index is 1.16. The molecule has 0 aliphatic rings. The smallest absolute Gasteiger partial charge is 0.0788 e. The van der Waals surface area contributed by atoms with Crippen LogP contribution in [0.4, 0.5) is 0 Å². The molecule has 0 saturated heterocycles. The average molecular weight is 685 g/mol. The molecule has 11 aromatic rings. The molecular weight excluding hydrogens is 653 g/mol. The SMILES string of the molecule is c1ccc2cc(-c3cc(-c4cccc5c4ccc4c(-c6ccc7ccccc7c6)nc6ccccc6c45)cc(-c4ccc5ccccc5c4)n3)ccc2c1. The second kappa shape index (κ2) is 12.2. The van der Waals surface area contributed by atoms with Gasteiger partial charge in [0.25, 0.3) is 0 Å². The van der Waals surface area contributed by atoms with Crippen molar-refractivity contribution in [3.63, 3.8) is 0 Å². The third kappa shape index (κ3) is 5.03. The lowest BCUT2D eigenvalue weighted by atomic mass is 9.90. The first kappa shape index (κ1) is 30.5. The summed E-state index contributed by atoms with van der Waals surface area (Å²) in [5.41, 5.74) is 9.52. The molecule has 11 rings (SSSR count). The van der Waals surface area contributed by atoms with Crippen molar-refractivity contribution >= 4 is 64.8 Å². The Morgan fingerprint density at radius 1 is 0.278 bits per heavy atom. The van der Waals surface area contributed by atoms with E-state index in [9.17, 15) is 0 Å². The van der Waals surface area contributed by atoms with Gasteiger partial charge in [0.2, 0.25) is 0 Å². The van der Waals surface area contributed by atoms with Crippen LogP contribution in [0.1, 0.15) is 0 Å². The van der Waals surface area contributed by atoms with Gasteiger partial charge in [-0.15, -0.1) is 0 Å². The quantitative estimate of drug-likeness (QED) is 0.172. The summed E-state index contributed by atoms with van der Waals surface area (Å²) < 4.78 is 0. The fourth-order valence-electron chi connectivity index (χ4n) is 8.30. The molecule has 0 saturated carbocycles. The summed E-state index contributed by atoms with van der Waals surface area (Å²) >= 11 is 0. The van der Waals surface area contributed by atoms with Gasteiger partial charge in [0.15, 0.2) is 0 Å². The number of hydrogen-bond acceptors (Lipinski definition) is 2. The number of aromatic nitrogens is 2. The highest BCUT2D eigenvalue weighted by Crippen LogP contribution is 2.42. The predicted molar refractivity (Wildman–Crippen MR) is 229 cm³/mol. The summed E-state index contributed by atoms with van der Waals surface area (Å²) in [4.78, 5) is 10.6. The molecule has 0 N–H and O–H groups in total. The second-order valence-corrected chi connectivity index (χ2v) is 14.2. The molecule has 9 aromatic carbocycles. The molecule has 0 aliphatic heterocycles. The standard InChI is InChI=1S/C52H32N2/c1-4-13-36-28-39(23-20-33(36)10-1)49-31-42(32-50(53-49)40-24-21-34-11-2-5-14-37(34)29-40)43-17-9-18-45-44(43)26-27-47-51(45)46-16-7-8-19-48(46)54-52(47)41-25-22-35-12-3-6-15-38(35)30-41/h1-32H. The van der Waals surface area contributed by atoms with E-state index in [4.69, 9.17) is 9.97 Å². The molecule has 0 atom stereocenters. The van der Waals surface area contributed by atoms with Crippen LogP contribution in [0.3, 0.4) is 0 Å². The lowest BCUT2D eigenvalue weighted by Gasteiger charge is -2.16. The van der Waals surface area contributed by atoms with Crippen molar-refractivity contribution in [1.82, 2.24) is 9.97 Å². The van der Waals surface area contributed by atoms with E-state index in [2.05, 4.69) is 194 Å². The number of hydrogen-bond donors (Lipinski definition) is 0. The molecule has 2 aromatic heterocycles. The topological polar surface area (TPSA) is 25.8 Å². The predicted octanol–water partition coefficient (Wildman–Crippen LogP) is 14.1. The fourth-order valence-corrected chi connectivity index (χ4v) is 8.30. The third-order valence-electron chi connectivity index (χ3n) is 11.0. The van der Waals surface area contributed by atoms with Crippen LogP contribution in [-0.4, -0.2) is 9.97 Å². The number of fused-ring (bicyclic) bond motifs is 8. The minimum Gasteiger partial charge on any atom is -0.248 e. The monoisotopic (exact) mass is 684 g/mol. The van der Waals surface area contributed by atoms with Gasteiger partial charge < -0.3 is 0 Å². The van der Waals surface area contributed by atoms with Crippen LogP contribution in [0.5, 0.6) is 0 Å². The zero-order chi connectivity index (χ0) is 35.6. The highest BCUT2D eigenvalue weighted by molar-refractivity contribution is 6.24. The molecule has 0 radical (unpaired) electrons. The third-order valence-corrected chi connectivity index (χ3v) is 11.0. The zero-order valence-electron chi connectivity index (χ0n) is 29.4. The zero-order valence-corrected chi connectivity index (χ0v) is 29.4. The number of para-hydroxylation sites is 1. The Hall–Kier alpha value is -7.16. The Kier molecular flexibility index (Phi) is 6.90. The molecule has 0 bridgehead atoms. The van der Waals surface area contributed by atoms with Gasteiger partial charge in [0.1, 0.15) is 0 Å². The summed E-state index contributed by atoms with van der Waals surface area (Å²) in [6, 6.07) is 70.0. The largest absolute Gasteiger partial charge is 0.248 e. The van der Waals surface area contributed by atoms with E-state index >= 15 is 0 Å². The van der Waals surface area contributed by atoms with Gasteiger partial charge in [-0.2, -0.15) is 0 Å². The molecule has 0 unspecified atom stereocenters. The van der Waals surface area contributed by atoms with Gasteiger partial charge in [-0.25, -0.2) is 9.97 Å². The maximum atomic E-state index is 5.34. The van der Waals surface area contributed by atoms with Crippen molar-refractivity contribution in [1.29, 1.82) is 0 Å². The highest BCUT2D eigenvalue weighted by atomic mass is 14.7. The summed E-state index contributed by atoms with van der Waals surface area (Å²) in [7, 11) is 0.